The van der Waals surface area contributed by atoms with Crippen molar-refractivity contribution in [3.8, 4) is 0 Å². The zero-order valence-corrected chi connectivity index (χ0v) is 7.96. The summed E-state index contributed by atoms with van der Waals surface area (Å²) in [5, 5.41) is -1.20. The van der Waals surface area contributed by atoms with Crippen molar-refractivity contribution in [3.63, 3.8) is 0 Å². The van der Waals surface area contributed by atoms with Crippen LogP contribution in [-0.2, 0) is 11.2 Å². The van der Waals surface area contributed by atoms with E-state index < -0.39 is 23.0 Å². The van der Waals surface area contributed by atoms with Gasteiger partial charge in [0.2, 0.25) is 0 Å². The molecule has 1 rings (SSSR count). The van der Waals surface area contributed by atoms with Crippen LogP contribution in [0.25, 0.3) is 0 Å². The largest absolute Gasteiger partial charge is 0.277 e. The summed E-state index contributed by atoms with van der Waals surface area (Å²) in [6, 6.07) is 4.29. The Balaban J connectivity index is 2.66. The molecular weight excluding hydrogens is 235 g/mol. The Kier molecular flexibility index (Phi) is 3.87. The van der Waals surface area contributed by atoms with Crippen molar-refractivity contribution in [1.82, 2.24) is 15.7 Å². The quantitative estimate of drug-likeness (QED) is 0.460. The molecule has 0 atom stereocenters. The predicted octanol–water partition coefficient (Wildman–Crippen LogP) is 1.98. The first-order chi connectivity index (χ1) is 7.00. The fourth-order valence-electron chi connectivity index (χ4n) is 0.853. The van der Waals surface area contributed by atoms with Crippen molar-refractivity contribution in [3.05, 3.63) is 29.0 Å². The Morgan fingerprint density at radius 2 is 2.07 bits per heavy atom. The summed E-state index contributed by atoms with van der Waals surface area (Å²) in [7, 11) is 0. The number of rotatable bonds is 3. The van der Waals surface area contributed by atoms with E-state index in [2.05, 4.69) is 4.98 Å². The van der Waals surface area contributed by atoms with E-state index in [0.717, 1.165) is 0 Å². The van der Waals surface area contributed by atoms with Gasteiger partial charge < -0.3 is 0 Å². The van der Waals surface area contributed by atoms with Gasteiger partial charge in [-0.2, -0.15) is 0 Å². The minimum atomic E-state index is -1.95. The zero-order chi connectivity index (χ0) is 11.4. The second-order valence-corrected chi connectivity index (χ2v) is 2.88. The summed E-state index contributed by atoms with van der Waals surface area (Å²) in [6.45, 7) is 0. The molecule has 1 amide bonds. The summed E-state index contributed by atoms with van der Waals surface area (Å²) in [4.78, 5) is 14.5. The molecule has 0 saturated carbocycles. The molecule has 0 aliphatic rings. The van der Waals surface area contributed by atoms with Crippen LogP contribution in [-0.4, -0.2) is 21.6 Å². The SMILES string of the molecule is O=C(Cc1cccc(Cl)n1)N(F)N(F)F. The molecule has 1 aromatic heterocycles. The number of halogens is 4. The van der Waals surface area contributed by atoms with Gasteiger partial charge in [-0.1, -0.05) is 31.1 Å². The van der Waals surface area contributed by atoms with Gasteiger partial charge in [-0.15, -0.1) is 0 Å². The van der Waals surface area contributed by atoms with Crippen LogP contribution in [0.4, 0.5) is 13.4 Å². The van der Waals surface area contributed by atoms with Crippen LogP contribution in [0.15, 0.2) is 18.2 Å². The molecule has 0 aromatic carbocycles. The minimum Gasteiger partial charge on any atom is -0.270 e. The Morgan fingerprint density at radius 1 is 1.40 bits per heavy atom. The summed E-state index contributed by atoms with van der Waals surface area (Å²) in [5.74, 6) is -1.44. The highest BCUT2D eigenvalue weighted by Crippen LogP contribution is 2.08. The monoisotopic (exact) mass is 239 g/mol. The molecule has 0 radical (unpaired) electrons. The summed E-state index contributed by atoms with van der Waals surface area (Å²) < 4.78 is 35.5. The van der Waals surface area contributed by atoms with Gasteiger partial charge in [0.05, 0.1) is 12.1 Å². The normalized spacial score (nSPS) is 10.5. The van der Waals surface area contributed by atoms with Crippen molar-refractivity contribution in [2.24, 2.45) is 0 Å². The molecule has 0 aliphatic carbocycles. The Labute approximate surface area is 87.6 Å². The van der Waals surface area contributed by atoms with E-state index in [0.29, 0.717) is 0 Å². The van der Waals surface area contributed by atoms with Gasteiger partial charge in [0.25, 0.3) is 5.91 Å². The van der Waals surface area contributed by atoms with Crippen LogP contribution in [0.2, 0.25) is 5.15 Å². The van der Waals surface area contributed by atoms with Crippen molar-refractivity contribution in [2.45, 2.75) is 6.42 Å². The standard InChI is InChI=1S/C7H5ClF3N3O/c8-6-3-1-2-5(12-6)4-7(15)13(9)14(10)11/h1-3H,4H2. The first kappa shape index (κ1) is 11.7. The molecule has 82 valence electrons. The van der Waals surface area contributed by atoms with Gasteiger partial charge in [0.1, 0.15) is 5.15 Å². The van der Waals surface area contributed by atoms with E-state index in [9.17, 15) is 18.2 Å². The Morgan fingerprint density at radius 3 is 2.60 bits per heavy atom. The summed E-state index contributed by atoms with van der Waals surface area (Å²) >= 11 is 5.48. The lowest BCUT2D eigenvalue weighted by Gasteiger charge is -2.09. The van der Waals surface area contributed by atoms with Gasteiger partial charge in [0, 0.05) is 0 Å². The number of carbonyl (C=O) groups excluding carboxylic acids is 1. The van der Waals surface area contributed by atoms with Crippen molar-refractivity contribution in [2.75, 3.05) is 0 Å². The van der Waals surface area contributed by atoms with Crippen LogP contribution in [0, 0.1) is 0 Å². The maximum Gasteiger partial charge on any atom is 0.277 e. The second-order valence-electron chi connectivity index (χ2n) is 2.50. The molecule has 0 saturated heterocycles. The van der Waals surface area contributed by atoms with E-state index in [1.807, 2.05) is 0 Å². The van der Waals surface area contributed by atoms with E-state index in [4.69, 9.17) is 11.6 Å². The Hall–Kier alpha value is -1.34. The molecule has 0 bridgehead atoms. The van der Waals surface area contributed by atoms with Crippen molar-refractivity contribution < 1.29 is 18.2 Å². The number of hydrogen-bond acceptors (Lipinski definition) is 3. The van der Waals surface area contributed by atoms with Gasteiger partial charge in [0.15, 0.2) is 5.45 Å². The lowest BCUT2D eigenvalue weighted by atomic mass is 10.2. The Bertz CT molecular complexity index is 363. The molecule has 0 spiro atoms. The topological polar surface area (TPSA) is 36.4 Å². The highest BCUT2D eigenvalue weighted by Gasteiger charge is 2.22. The van der Waals surface area contributed by atoms with Gasteiger partial charge in [-0.25, -0.2) is 4.98 Å². The third kappa shape index (κ3) is 3.37. The average Bonchev–Trinajstić information content (AvgIpc) is 2.16. The minimum absolute atomic E-state index is 0.100. The maximum absolute atomic E-state index is 12.3. The number of hydrazine groups is 1. The van der Waals surface area contributed by atoms with Gasteiger partial charge in [-0.05, 0) is 17.4 Å². The first-order valence-electron chi connectivity index (χ1n) is 3.72. The van der Waals surface area contributed by atoms with Crippen LogP contribution < -0.4 is 0 Å². The third-order valence-electron chi connectivity index (χ3n) is 1.44. The average molecular weight is 240 g/mol. The lowest BCUT2D eigenvalue weighted by molar-refractivity contribution is -0.350. The lowest BCUT2D eigenvalue weighted by Crippen LogP contribution is -2.31. The summed E-state index contributed by atoms with van der Waals surface area (Å²) in [5.41, 5.74) is -1.84. The number of hydrogen-bond donors (Lipinski definition) is 0. The molecule has 0 unspecified atom stereocenters. The molecular formula is C7H5ClF3N3O. The fraction of sp³-hybridized carbons (Fsp3) is 0.143. The van der Waals surface area contributed by atoms with Crippen LogP contribution in [0.5, 0.6) is 0 Å². The van der Waals surface area contributed by atoms with Crippen molar-refractivity contribution >= 4 is 17.5 Å². The smallest absolute Gasteiger partial charge is 0.270 e. The summed E-state index contributed by atoms with van der Waals surface area (Å²) in [6.07, 6.45) is -0.596. The fourth-order valence-corrected chi connectivity index (χ4v) is 1.03. The van der Waals surface area contributed by atoms with Crippen molar-refractivity contribution in [1.29, 1.82) is 0 Å². The molecule has 1 heterocycles. The van der Waals surface area contributed by atoms with E-state index in [1.54, 1.807) is 0 Å². The molecule has 0 N–H and O–H groups in total. The first-order valence-corrected chi connectivity index (χ1v) is 4.10. The molecule has 4 nitrogen and oxygen atoms in total. The molecule has 15 heavy (non-hydrogen) atoms. The molecule has 1 aromatic rings. The number of pyridine rings is 1. The molecule has 0 aliphatic heterocycles. The second kappa shape index (κ2) is 4.94. The van der Waals surface area contributed by atoms with E-state index in [1.165, 1.54) is 18.2 Å². The molecule has 0 fully saturated rings. The molecule has 8 heteroatoms. The van der Waals surface area contributed by atoms with Crippen LogP contribution >= 0.6 is 11.6 Å². The number of carbonyl (C=O) groups is 1. The predicted molar refractivity (Wildman–Crippen MR) is 45.0 cm³/mol. The number of amides is 1. The third-order valence-corrected chi connectivity index (χ3v) is 1.65. The van der Waals surface area contributed by atoms with Crippen LogP contribution in [0.3, 0.4) is 0 Å². The zero-order valence-electron chi connectivity index (χ0n) is 7.20. The van der Waals surface area contributed by atoms with E-state index in [-0.39, 0.29) is 10.8 Å². The van der Waals surface area contributed by atoms with Gasteiger partial charge in [-0.3, -0.25) is 4.79 Å². The van der Waals surface area contributed by atoms with E-state index >= 15 is 0 Å². The number of aromatic nitrogens is 1. The highest BCUT2D eigenvalue weighted by atomic mass is 35.5. The number of nitrogens with zero attached hydrogens (tertiary/aromatic N) is 3. The van der Waals surface area contributed by atoms with Gasteiger partial charge >= 0.3 is 0 Å². The maximum atomic E-state index is 12.3. The highest BCUT2D eigenvalue weighted by molar-refractivity contribution is 6.29. The van der Waals surface area contributed by atoms with Crippen LogP contribution in [0.1, 0.15) is 5.69 Å².